The number of carbonyl (C=O) groups is 1. The lowest BCUT2D eigenvalue weighted by Crippen LogP contribution is -2.38. The maximum atomic E-state index is 12.8. The van der Waals surface area contributed by atoms with Crippen molar-refractivity contribution in [1.82, 2.24) is 10.2 Å². The predicted molar refractivity (Wildman–Crippen MR) is 114 cm³/mol. The van der Waals surface area contributed by atoms with E-state index >= 15 is 0 Å². The average molecular weight is 389 g/mol. The lowest BCUT2D eigenvalue weighted by atomic mass is 9.94. The van der Waals surface area contributed by atoms with Gasteiger partial charge in [-0.2, -0.15) is 0 Å². The Labute approximate surface area is 166 Å². The maximum absolute atomic E-state index is 12.8. The van der Waals surface area contributed by atoms with Crippen molar-refractivity contribution in [1.29, 1.82) is 0 Å². The van der Waals surface area contributed by atoms with Gasteiger partial charge in [0.05, 0.1) is 11.5 Å². The van der Waals surface area contributed by atoms with E-state index in [0.717, 1.165) is 17.8 Å². The third kappa shape index (κ3) is 5.09. The van der Waals surface area contributed by atoms with Gasteiger partial charge in [0, 0.05) is 30.9 Å². The van der Waals surface area contributed by atoms with Crippen molar-refractivity contribution >= 4 is 27.3 Å². The normalized spacial score (nSPS) is 18.3. The van der Waals surface area contributed by atoms with Crippen LogP contribution in [-0.2, 0) is 11.2 Å². The van der Waals surface area contributed by atoms with E-state index in [-0.39, 0.29) is 5.91 Å². The molecule has 27 heavy (non-hydrogen) atoms. The summed E-state index contributed by atoms with van der Waals surface area (Å²) >= 11 is 1.62. The molecule has 1 amide bonds. The fourth-order valence-electron chi connectivity index (χ4n) is 4.01. The number of carbonyl (C=O) groups excluding carboxylic acids is 1. The molecule has 1 aromatic heterocycles. The number of hydrogen-bond donors (Lipinski definition) is 1. The van der Waals surface area contributed by atoms with E-state index in [1.165, 1.54) is 35.0 Å². The molecule has 2 heterocycles. The zero-order chi connectivity index (χ0) is 19.4. The molecular weight excluding hydrogens is 356 g/mol. The number of rotatable bonds is 7. The number of nitrogens with one attached hydrogen (secondary N) is 1. The molecule has 5 heteroatoms. The molecule has 3 rings (SSSR count). The quantitative estimate of drug-likeness (QED) is 0.718. The SMILES string of the molecule is COCCNC(=O)c1sc2ccccc2c1C[C@@H]1CCCN1CC(C)(C)C. The summed E-state index contributed by atoms with van der Waals surface area (Å²) in [6.07, 6.45) is 3.41. The minimum atomic E-state index is 0.0311. The first-order chi connectivity index (χ1) is 12.9. The molecule has 0 saturated carbocycles. The van der Waals surface area contributed by atoms with Crippen molar-refractivity contribution in [2.75, 3.05) is 33.4 Å². The number of hydrogen-bond acceptors (Lipinski definition) is 4. The van der Waals surface area contributed by atoms with E-state index in [0.29, 0.717) is 24.6 Å². The van der Waals surface area contributed by atoms with Crippen LogP contribution in [0.4, 0.5) is 0 Å². The van der Waals surface area contributed by atoms with Gasteiger partial charge in [-0.3, -0.25) is 9.69 Å². The molecule has 0 aliphatic carbocycles. The second kappa shape index (κ2) is 8.72. The van der Waals surface area contributed by atoms with Crippen LogP contribution in [-0.4, -0.2) is 50.2 Å². The Bertz CT molecular complexity index is 778. The summed E-state index contributed by atoms with van der Waals surface area (Å²) in [7, 11) is 1.65. The van der Waals surface area contributed by atoms with Gasteiger partial charge in [-0.05, 0) is 48.2 Å². The highest BCUT2D eigenvalue weighted by Crippen LogP contribution is 2.35. The summed E-state index contributed by atoms with van der Waals surface area (Å²) in [4.78, 5) is 16.3. The van der Waals surface area contributed by atoms with Crippen LogP contribution in [0.5, 0.6) is 0 Å². The molecule has 0 spiro atoms. The summed E-state index contributed by atoms with van der Waals surface area (Å²) in [5.41, 5.74) is 1.51. The zero-order valence-corrected chi connectivity index (χ0v) is 17.8. The third-order valence-corrected chi connectivity index (χ3v) is 6.32. The molecule has 148 valence electrons. The summed E-state index contributed by atoms with van der Waals surface area (Å²) < 4.78 is 6.27. The van der Waals surface area contributed by atoms with Gasteiger partial charge in [-0.15, -0.1) is 11.3 Å². The summed E-state index contributed by atoms with van der Waals surface area (Å²) in [5, 5.41) is 4.25. The molecule has 1 aromatic carbocycles. The molecule has 2 aromatic rings. The van der Waals surface area contributed by atoms with E-state index in [2.05, 4.69) is 55.3 Å². The number of ether oxygens (including phenoxy) is 1. The van der Waals surface area contributed by atoms with Gasteiger partial charge in [0.2, 0.25) is 0 Å². The van der Waals surface area contributed by atoms with Gasteiger partial charge < -0.3 is 10.1 Å². The monoisotopic (exact) mass is 388 g/mol. The Morgan fingerprint density at radius 1 is 1.33 bits per heavy atom. The molecule has 1 N–H and O–H groups in total. The first-order valence-corrected chi connectivity index (χ1v) is 10.7. The summed E-state index contributed by atoms with van der Waals surface area (Å²) in [5.74, 6) is 0.0311. The second-order valence-corrected chi connectivity index (χ2v) is 9.74. The highest BCUT2D eigenvalue weighted by molar-refractivity contribution is 7.21. The van der Waals surface area contributed by atoms with E-state index in [4.69, 9.17) is 4.74 Å². The van der Waals surface area contributed by atoms with Crippen LogP contribution in [0.3, 0.4) is 0 Å². The van der Waals surface area contributed by atoms with Crippen molar-refractivity contribution < 1.29 is 9.53 Å². The second-order valence-electron chi connectivity index (χ2n) is 8.69. The largest absolute Gasteiger partial charge is 0.383 e. The fourth-order valence-corrected chi connectivity index (χ4v) is 5.16. The van der Waals surface area contributed by atoms with Crippen LogP contribution in [0, 0.1) is 5.41 Å². The van der Waals surface area contributed by atoms with Gasteiger partial charge in [0.15, 0.2) is 0 Å². The number of benzene rings is 1. The lowest BCUT2D eigenvalue weighted by molar-refractivity contribution is 0.0939. The van der Waals surface area contributed by atoms with Crippen LogP contribution < -0.4 is 5.32 Å². The Balaban J connectivity index is 1.86. The summed E-state index contributed by atoms with van der Waals surface area (Å²) in [6.45, 7) is 10.3. The fraction of sp³-hybridized carbons (Fsp3) is 0.591. The van der Waals surface area contributed by atoms with E-state index in [9.17, 15) is 4.79 Å². The Hall–Kier alpha value is -1.43. The lowest BCUT2D eigenvalue weighted by Gasteiger charge is -2.31. The minimum absolute atomic E-state index is 0.0311. The van der Waals surface area contributed by atoms with Crippen LogP contribution in [0.15, 0.2) is 24.3 Å². The number of fused-ring (bicyclic) bond motifs is 1. The summed E-state index contributed by atoms with van der Waals surface area (Å²) in [6, 6.07) is 8.93. The number of nitrogens with zero attached hydrogens (tertiary/aromatic N) is 1. The van der Waals surface area contributed by atoms with Crippen molar-refractivity contribution in [3.8, 4) is 0 Å². The predicted octanol–water partition coefficient (Wildman–Crippen LogP) is 4.33. The molecule has 4 nitrogen and oxygen atoms in total. The highest BCUT2D eigenvalue weighted by Gasteiger charge is 2.30. The Morgan fingerprint density at radius 2 is 2.11 bits per heavy atom. The molecular formula is C22H32N2O2S. The third-order valence-electron chi connectivity index (χ3n) is 5.11. The van der Waals surface area contributed by atoms with Gasteiger partial charge in [-0.25, -0.2) is 0 Å². The van der Waals surface area contributed by atoms with Crippen molar-refractivity contribution in [2.45, 2.75) is 46.1 Å². The van der Waals surface area contributed by atoms with Crippen LogP contribution in [0.25, 0.3) is 10.1 Å². The van der Waals surface area contributed by atoms with Gasteiger partial charge in [0.1, 0.15) is 0 Å². The van der Waals surface area contributed by atoms with Crippen LogP contribution >= 0.6 is 11.3 Å². The number of likely N-dealkylation sites (tertiary alicyclic amines) is 1. The number of thiophene rings is 1. The van der Waals surface area contributed by atoms with Crippen molar-refractivity contribution in [2.24, 2.45) is 5.41 Å². The molecule has 1 fully saturated rings. The number of methoxy groups -OCH3 is 1. The highest BCUT2D eigenvalue weighted by atomic mass is 32.1. The minimum Gasteiger partial charge on any atom is -0.383 e. The van der Waals surface area contributed by atoms with Gasteiger partial charge in [-0.1, -0.05) is 39.0 Å². The Kier molecular flexibility index (Phi) is 6.56. The molecule has 1 saturated heterocycles. The van der Waals surface area contributed by atoms with Crippen LogP contribution in [0.1, 0.15) is 48.8 Å². The van der Waals surface area contributed by atoms with E-state index in [1.807, 2.05) is 0 Å². The average Bonchev–Trinajstić information content (AvgIpc) is 3.19. The van der Waals surface area contributed by atoms with Crippen molar-refractivity contribution in [3.05, 3.63) is 34.7 Å². The first-order valence-electron chi connectivity index (χ1n) is 9.90. The first kappa shape index (κ1) is 20.3. The number of amides is 1. The Morgan fingerprint density at radius 3 is 2.85 bits per heavy atom. The molecule has 0 radical (unpaired) electrons. The smallest absolute Gasteiger partial charge is 0.261 e. The van der Waals surface area contributed by atoms with E-state index < -0.39 is 0 Å². The molecule has 1 aliphatic heterocycles. The molecule has 1 atom stereocenters. The maximum Gasteiger partial charge on any atom is 0.261 e. The molecule has 1 aliphatic rings. The van der Waals surface area contributed by atoms with Crippen molar-refractivity contribution in [3.63, 3.8) is 0 Å². The molecule has 0 bridgehead atoms. The van der Waals surface area contributed by atoms with E-state index in [1.54, 1.807) is 18.4 Å². The topological polar surface area (TPSA) is 41.6 Å². The zero-order valence-electron chi connectivity index (χ0n) is 17.0. The van der Waals surface area contributed by atoms with Gasteiger partial charge >= 0.3 is 0 Å². The van der Waals surface area contributed by atoms with Crippen LogP contribution in [0.2, 0.25) is 0 Å². The van der Waals surface area contributed by atoms with Gasteiger partial charge in [0.25, 0.3) is 5.91 Å². The molecule has 0 unspecified atom stereocenters. The standard InChI is InChI=1S/C22H32N2O2S/c1-22(2,3)15-24-12-7-8-16(24)14-18-17-9-5-6-10-19(17)27-20(18)21(25)23-11-13-26-4/h5-6,9-10,16H,7-8,11-15H2,1-4H3,(H,23,25)/t16-/m0/s1.